The van der Waals surface area contributed by atoms with Crippen LogP contribution in [0.2, 0.25) is 0 Å². The Bertz CT molecular complexity index is 353. The van der Waals surface area contributed by atoms with Crippen LogP contribution in [-0.4, -0.2) is 18.0 Å². The van der Waals surface area contributed by atoms with E-state index in [1.807, 2.05) is 6.92 Å². The molecule has 0 bridgehead atoms. The third-order valence-electron chi connectivity index (χ3n) is 2.17. The molecule has 1 rings (SSSR count). The Labute approximate surface area is 88.4 Å². The zero-order chi connectivity index (χ0) is 11.3. The van der Waals surface area contributed by atoms with Crippen LogP contribution in [0.1, 0.15) is 12.0 Å². The molecule has 4 N–H and O–H groups in total. The Hall–Kier alpha value is -1.62. The van der Waals surface area contributed by atoms with Crippen LogP contribution in [0.3, 0.4) is 0 Å². The first-order chi connectivity index (χ1) is 7.15. The quantitative estimate of drug-likeness (QED) is 0.431. The van der Waals surface area contributed by atoms with E-state index in [1.54, 1.807) is 12.1 Å². The lowest BCUT2D eigenvalue weighted by molar-refractivity contribution is -0.384. The number of nitrogens with one attached hydrogen (secondary N) is 1. The molecule has 0 saturated carbocycles. The summed E-state index contributed by atoms with van der Waals surface area (Å²) < 4.78 is 0. The predicted molar refractivity (Wildman–Crippen MR) is 58.7 cm³/mol. The van der Waals surface area contributed by atoms with E-state index in [1.165, 1.54) is 6.07 Å². The standard InChI is InChI=1S/C10H15N3O2/c1-8-3-4-9(13(14)15)7-10(8)12-6-2-5-11/h3-4,7,12H,2,5-6,11H2,1H3/p+1. The molecule has 0 aromatic heterocycles. The number of anilines is 1. The molecule has 1 aromatic carbocycles. The predicted octanol–water partition coefficient (Wildman–Crippen LogP) is 0.947. The van der Waals surface area contributed by atoms with Crippen molar-refractivity contribution in [2.24, 2.45) is 0 Å². The van der Waals surface area contributed by atoms with Gasteiger partial charge in [0.15, 0.2) is 0 Å². The number of aryl methyl sites for hydroxylation is 1. The fourth-order valence-corrected chi connectivity index (χ4v) is 1.26. The minimum atomic E-state index is -0.383. The van der Waals surface area contributed by atoms with E-state index in [0.717, 1.165) is 30.8 Å². The van der Waals surface area contributed by atoms with E-state index in [-0.39, 0.29) is 10.6 Å². The fourth-order valence-electron chi connectivity index (χ4n) is 1.26. The first-order valence-electron chi connectivity index (χ1n) is 4.93. The highest BCUT2D eigenvalue weighted by Gasteiger charge is 2.07. The van der Waals surface area contributed by atoms with Gasteiger partial charge in [0.2, 0.25) is 0 Å². The van der Waals surface area contributed by atoms with Crippen LogP contribution >= 0.6 is 0 Å². The molecule has 0 saturated heterocycles. The number of hydrogen-bond donors (Lipinski definition) is 2. The summed E-state index contributed by atoms with van der Waals surface area (Å²) >= 11 is 0. The molecule has 0 atom stereocenters. The van der Waals surface area contributed by atoms with Gasteiger partial charge in [-0.1, -0.05) is 6.07 Å². The third kappa shape index (κ3) is 3.21. The Balaban J connectivity index is 2.76. The van der Waals surface area contributed by atoms with Crippen molar-refractivity contribution < 1.29 is 10.7 Å². The maximum absolute atomic E-state index is 10.6. The van der Waals surface area contributed by atoms with Gasteiger partial charge in [-0.3, -0.25) is 10.1 Å². The number of nitro benzene ring substituents is 1. The zero-order valence-corrected chi connectivity index (χ0v) is 8.82. The highest BCUT2D eigenvalue weighted by atomic mass is 16.6. The number of nitrogens with zero attached hydrogens (tertiary/aromatic N) is 1. The fraction of sp³-hybridized carbons (Fsp3) is 0.400. The number of benzene rings is 1. The van der Waals surface area contributed by atoms with Crippen LogP contribution in [0.25, 0.3) is 0 Å². The second-order valence-electron chi connectivity index (χ2n) is 3.39. The van der Waals surface area contributed by atoms with Gasteiger partial charge < -0.3 is 11.1 Å². The Morgan fingerprint density at radius 2 is 2.27 bits per heavy atom. The van der Waals surface area contributed by atoms with E-state index in [9.17, 15) is 10.1 Å². The lowest BCUT2D eigenvalue weighted by Crippen LogP contribution is -2.50. The van der Waals surface area contributed by atoms with Crippen LogP contribution in [0.4, 0.5) is 11.4 Å². The van der Waals surface area contributed by atoms with E-state index < -0.39 is 0 Å². The number of quaternary nitrogens is 1. The molecule has 0 amide bonds. The van der Waals surface area contributed by atoms with Gasteiger partial charge in [-0.2, -0.15) is 0 Å². The average Bonchev–Trinajstić information content (AvgIpc) is 2.20. The van der Waals surface area contributed by atoms with E-state index in [4.69, 9.17) is 0 Å². The van der Waals surface area contributed by atoms with Gasteiger partial charge in [0.1, 0.15) is 0 Å². The summed E-state index contributed by atoms with van der Waals surface area (Å²) in [6, 6.07) is 4.84. The van der Waals surface area contributed by atoms with Gasteiger partial charge in [0, 0.05) is 30.8 Å². The molecule has 0 aliphatic rings. The van der Waals surface area contributed by atoms with Gasteiger partial charge in [-0.25, -0.2) is 0 Å². The summed E-state index contributed by atoms with van der Waals surface area (Å²) in [6.07, 6.45) is 0.960. The first kappa shape index (κ1) is 11.5. The molecule has 0 aliphatic heterocycles. The van der Waals surface area contributed by atoms with E-state index in [2.05, 4.69) is 11.1 Å². The van der Waals surface area contributed by atoms with E-state index >= 15 is 0 Å². The van der Waals surface area contributed by atoms with Crippen molar-refractivity contribution in [1.29, 1.82) is 0 Å². The SMILES string of the molecule is Cc1ccc([N+](=O)[O-])cc1NCCC[NH3+]. The van der Waals surface area contributed by atoms with Crippen LogP contribution in [-0.2, 0) is 0 Å². The topological polar surface area (TPSA) is 82.8 Å². The van der Waals surface area contributed by atoms with Crippen molar-refractivity contribution in [2.75, 3.05) is 18.4 Å². The van der Waals surface area contributed by atoms with Gasteiger partial charge >= 0.3 is 0 Å². The normalized spacial score (nSPS) is 10.0. The summed E-state index contributed by atoms with van der Waals surface area (Å²) in [6.45, 7) is 3.59. The molecule has 15 heavy (non-hydrogen) atoms. The first-order valence-corrected chi connectivity index (χ1v) is 4.93. The third-order valence-corrected chi connectivity index (χ3v) is 2.17. The number of rotatable bonds is 5. The van der Waals surface area contributed by atoms with Crippen molar-refractivity contribution >= 4 is 11.4 Å². The van der Waals surface area contributed by atoms with E-state index in [0.29, 0.717) is 0 Å². The molecule has 82 valence electrons. The smallest absolute Gasteiger partial charge is 0.271 e. The Morgan fingerprint density at radius 1 is 1.53 bits per heavy atom. The molecule has 0 unspecified atom stereocenters. The van der Waals surface area contributed by atoms with Crippen molar-refractivity contribution in [2.45, 2.75) is 13.3 Å². The summed E-state index contributed by atoms with van der Waals surface area (Å²) in [5.74, 6) is 0. The highest BCUT2D eigenvalue weighted by molar-refractivity contribution is 5.56. The van der Waals surface area contributed by atoms with Crippen LogP contribution in [0, 0.1) is 17.0 Å². The summed E-state index contributed by atoms with van der Waals surface area (Å²) in [5, 5.41) is 13.7. The molecule has 0 heterocycles. The van der Waals surface area contributed by atoms with Crippen LogP contribution in [0.5, 0.6) is 0 Å². The molecular weight excluding hydrogens is 194 g/mol. The number of hydrogen-bond acceptors (Lipinski definition) is 3. The summed E-state index contributed by atoms with van der Waals surface area (Å²) in [7, 11) is 0. The molecule has 5 nitrogen and oxygen atoms in total. The Kier molecular flexibility index (Phi) is 4.05. The summed E-state index contributed by atoms with van der Waals surface area (Å²) in [5.41, 5.74) is 5.71. The minimum Gasteiger partial charge on any atom is -0.384 e. The van der Waals surface area contributed by atoms with Gasteiger partial charge in [-0.05, 0) is 12.5 Å². The molecule has 0 radical (unpaired) electrons. The van der Waals surface area contributed by atoms with Crippen molar-refractivity contribution in [3.63, 3.8) is 0 Å². The minimum absolute atomic E-state index is 0.123. The second-order valence-corrected chi connectivity index (χ2v) is 3.39. The summed E-state index contributed by atoms with van der Waals surface area (Å²) in [4.78, 5) is 10.2. The zero-order valence-electron chi connectivity index (χ0n) is 8.82. The number of non-ortho nitro benzene ring substituents is 1. The molecule has 5 heteroatoms. The molecule has 0 aliphatic carbocycles. The maximum Gasteiger partial charge on any atom is 0.271 e. The van der Waals surface area contributed by atoms with Gasteiger partial charge in [-0.15, -0.1) is 0 Å². The van der Waals surface area contributed by atoms with Crippen LogP contribution < -0.4 is 11.1 Å². The van der Waals surface area contributed by atoms with Crippen molar-refractivity contribution in [3.8, 4) is 0 Å². The average molecular weight is 210 g/mol. The maximum atomic E-state index is 10.6. The van der Waals surface area contributed by atoms with Crippen molar-refractivity contribution in [1.82, 2.24) is 0 Å². The van der Waals surface area contributed by atoms with Crippen LogP contribution in [0.15, 0.2) is 18.2 Å². The van der Waals surface area contributed by atoms with Gasteiger partial charge in [0.25, 0.3) is 5.69 Å². The molecular formula is C10H16N3O2+. The second kappa shape index (κ2) is 5.31. The lowest BCUT2D eigenvalue weighted by atomic mass is 10.2. The molecule has 1 aromatic rings. The van der Waals surface area contributed by atoms with Crippen molar-refractivity contribution in [3.05, 3.63) is 33.9 Å². The number of nitro groups is 1. The Morgan fingerprint density at radius 3 is 2.87 bits per heavy atom. The molecule has 0 fully saturated rings. The van der Waals surface area contributed by atoms with Gasteiger partial charge in [0.05, 0.1) is 11.5 Å². The molecule has 0 spiro atoms. The monoisotopic (exact) mass is 210 g/mol. The lowest BCUT2D eigenvalue weighted by Gasteiger charge is -2.07. The largest absolute Gasteiger partial charge is 0.384 e. The highest BCUT2D eigenvalue weighted by Crippen LogP contribution is 2.21.